The summed E-state index contributed by atoms with van der Waals surface area (Å²) in [6.07, 6.45) is 3.67. The van der Waals surface area contributed by atoms with Crippen molar-refractivity contribution in [2.75, 3.05) is 0 Å². The van der Waals surface area contributed by atoms with E-state index in [0.29, 0.717) is 11.5 Å². The number of ketones is 1. The van der Waals surface area contributed by atoms with Crippen LogP contribution in [0.5, 0.6) is 0 Å². The van der Waals surface area contributed by atoms with Crippen molar-refractivity contribution in [2.24, 2.45) is 17.8 Å². The molecule has 1 rings (SSSR count). The molecule has 0 amide bonds. The van der Waals surface area contributed by atoms with Gasteiger partial charge in [-0.05, 0) is 25.7 Å². The van der Waals surface area contributed by atoms with Crippen LogP contribution in [-0.2, 0) is 4.79 Å². The number of hydrogen-bond acceptors (Lipinski definition) is 2. The van der Waals surface area contributed by atoms with Crippen LogP contribution in [0.15, 0.2) is 12.3 Å². The summed E-state index contributed by atoms with van der Waals surface area (Å²) < 4.78 is 0. The lowest BCUT2D eigenvalue weighted by atomic mass is 9.77. The summed E-state index contributed by atoms with van der Waals surface area (Å²) in [4.78, 5) is 11.7. The number of Topliss-reactive ketones (excluding diaryl/α,β-unsaturated/α-hetero) is 1. The molecule has 0 atom stereocenters. The van der Waals surface area contributed by atoms with Gasteiger partial charge in [0.2, 0.25) is 0 Å². The Morgan fingerprint density at radius 2 is 1.64 bits per heavy atom. The van der Waals surface area contributed by atoms with E-state index in [4.69, 9.17) is 0 Å². The lowest BCUT2D eigenvalue weighted by Crippen LogP contribution is -2.25. The van der Waals surface area contributed by atoms with Gasteiger partial charge in [0, 0.05) is 17.8 Å². The van der Waals surface area contributed by atoms with Crippen molar-refractivity contribution in [1.29, 1.82) is 0 Å². The van der Waals surface area contributed by atoms with Crippen molar-refractivity contribution >= 4 is 5.78 Å². The fourth-order valence-corrected chi connectivity index (χ4v) is 2.18. The third-order valence-electron chi connectivity index (χ3n) is 3.17. The standard InChI is InChI=1S/C12H20O2/c1-8(2)12(14)11-6-4-10(5-7-11)9(3)13/h8,10-11,13H,3-7H2,1-2H3/t10-,11-. The number of aliphatic hydroxyl groups excluding tert-OH is 1. The van der Waals surface area contributed by atoms with Crippen LogP contribution in [0, 0.1) is 17.8 Å². The molecule has 0 bridgehead atoms. The molecule has 80 valence electrons. The van der Waals surface area contributed by atoms with Crippen molar-refractivity contribution in [3.05, 3.63) is 12.3 Å². The maximum atomic E-state index is 11.7. The molecule has 0 unspecified atom stereocenters. The minimum Gasteiger partial charge on any atom is -0.513 e. The van der Waals surface area contributed by atoms with Gasteiger partial charge >= 0.3 is 0 Å². The first-order valence-electron chi connectivity index (χ1n) is 5.44. The number of carbonyl (C=O) groups excluding carboxylic acids is 1. The predicted octanol–water partition coefficient (Wildman–Crippen LogP) is 3.09. The maximum absolute atomic E-state index is 11.7. The zero-order chi connectivity index (χ0) is 10.7. The molecule has 0 aromatic rings. The summed E-state index contributed by atoms with van der Waals surface area (Å²) in [5.74, 6) is 1.28. The van der Waals surface area contributed by atoms with Crippen LogP contribution in [0.25, 0.3) is 0 Å². The lowest BCUT2D eigenvalue weighted by Gasteiger charge is -2.27. The van der Waals surface area contributed by atoms with E-state index in [1.54, 1.807) is 0 Å². The molecule has 0 aromatic heterocycles. The molecule has 1 saturated carbocycles. The molecular weight excluding hydrogens is 176 g/mol. The van der Waals surface area contributed by atoms with Crippen LogP contribution in [0.4, 0.5) is 0 Å². The highest BCUT2D eigenvalue weighted by Crippen LogP contribution is 2.33. The molecule has 1 aliphatic carbocycles. The van der Waals surface area contributed by atoms with Crippen molar-refractivity contribution in [3.8, 4) is 0 Å². The van der Waals surface area contributed by atoms with Gasteiger partial charge in [-0.1, -0.05) is 20.4 Å². The molecule has 1 aliphatic rings. The van der Waals surface area contributed by atoms with Crippen molar-refractivity contribution in [2.45, 2.75) is 39.5 Å². The molecule has 0 saturated heterocycles. The molecule has 14 heavy (non-hydrogen) atoms. The second-order valence-electron chi connectivity index (χ2n) is 4.60. The van der Waals surface area contributed by atoms with Gasteiger partial charge in [0.05, 0.1) is 5.76 Å². The number of allylic oxidation sites excluding steroid dienone is 1. The fraction of sp³-hybridized carbons (Fsp3) is 0.750. The Morgan fingerprint density at radius 3 is 2.00 bits per heavy atom. The van der Waals surface area contributed by atoms with Gasteiger partial charge in [-0.25, -0.2) is 0 Å². The van der Waals surface area contributed by atoms with Crippen LogP contribution in [0.2, 0.25) is 0 Å². The minimum atomic E-state index is 0.147. The van der Waals surface area contributed by atoms with Crippen molar-refractivity contribution in [3.63, 3.8) is 0 Å². The van der Waals surface area contributed by atoms with Gasteiger partial charge in [-0.3, -0.25) is 4.79 Å². The number of hydrogen-bond donors (Lipinski definition) is 1. The zero-order valence-electron chi connectivity index (χ0n) is 9.12. The Hall–Kier alpha value is -0.790. The highest BCUT2D eigenvalue weighted by molar-refractivity contribution is 5.82. The fourth-order valence-electron chi connectivity index (χ4n) is 2.18. The van der Waals surface area contributed by atoms with Gasteiger partial charge in [0.1, 0.15) is 5.78 Å². The number of rotatable bonds is 3. The van der Waals surface area contributed by atoms with E-state index in [0.717, 1.165) is 25.7 Å². The monoisotopic (exact) mass is 196 g/mol. The molecule has 0 aliphatic heterocycles. The third-order valence-corrected chi connectivity index (χ3v) is 3.17. The summed E-state index contributed by atoms with van der Waals surface area (Å²) in [6, 6.07) is 0. The van der Waals surface area contributed by atoms with E-state index in [2.05, 4.69) is 6.58 Å². The summed E-state index contributed by atoms with van der Waals surface area (Å²) in [6.45, 7) is 7.47. The van der Waals surface area contributed by atoms with E-state index in [1.165, 1.54) is 0 Å². The maximum Gasteiger partial charge on any atom is 0.138 e. The van der Waals surface area contributed by atoms with E-state index in [9.17, 15) is 9.90 Å². The van der Waals surface area contributed by atoms with E-state index in [1.807, 2.05) is 13.8 Å². The SMILES string of the molecule is C=C(O)[C@H]1CC[C@H](C(=O)C(C)C)CC1. The number of aliphatic hydroxyl groups is 1. The molecule has 2 nitrogen and oxygen atoms in total. The summed E-state index contributed by atoms with van der Waals surface area (Å²) in [7, 11) is 0. The van der Waals surface area contributed by atoms with Crippen LogP contribution in [-0.4, -0.2) is 10.9 Å². The molecule has 0 aromatic carbocycles. The van der Waals surface area contributed by atoms with Gasteiger partial charge < -0.3 is 5.11 Å². The van der Waals surface area contributed by atoms with Gasteiger partial charge in [-0.15, -0.1) is 0 Å². The largest absolute Gasteiger partial charge is 0.513 e. The third kappa shape index (κ3) is 2.60. The molecule has 1 fully saturated rings. The molecular formula is C12H20O2. The minimum absolute atomic E-state index is 0.147. The molecule has 0 heterocycles. The van der Waals surface area contributed by atoms with Crippen molar-refractivity contribution < 1.29 is 9.90 Å². The predicted molar refractivity (Wildman–Crippen MR) is 57.1 cm³/mol. The van der Waals surface area contributed by atoms with Crippen LogP contribution >= 0.6 is 0 Å². The molecule has 0 spiro atoms. The number of carbonyl (C=O) groups is 1. The average molecular weight is 196 g/mol. The van der Waals surface area contributed by atoms with Crippen molar-refractivity contribution in [1.82, 2.24) is 0 Å². The van der Waals surface area contributed by atoms with Crippen LogP contribution in [0.1, 0.15) is 39.5 Å². The zero-order valence-corrected chi connectivity index (χ0v) is 9.12. The Morgan fingerprint density at radius 1 is 1.21 bits per heavy atom. The van der Waals surface area contributed by atoms with Gasteiger partial charge in [0.15, 0.2) is 0 Å². The first-order valence-corrected chi connectivity index (χ1v) is 5.44. The Kier molecular flexibility index (Phi) is 3.73. The van der Waals surface area contributed by atoms with Crippen LogP contribution < -0.4 is 0 Å². The Labute approximate surface area is 86.0 Å². The second-order valence-corrected chi connectivity index (χ2v) is 4.60. The first kappa shape index (κ1) is 11.3. The molecule has 0 radical (unpaired) electrons. The highest BCUT2D eigenvalue weighted by Gasteiger charge is 2.28. The van der Waals surface area contributed by atoms with Gasteiger partial charge in [-0.2, -0.15) is 0 Å². The first-order chi connectivity index (χ1) is 6.52. The molecule has 2 heteroatoms. The Balaban J connectivity index is 2.43. The molecule has 1 N–H and O–H groups in total. The Bertz CT molecular complexity index is 222. The topological polar surface area (TPSA) is 37.3 Å². The second kappa shape index (κ2) is 4.63. The lowest BCUT2D eigenvalue weighted by molar-refractivity contribution is -0.127. The van der Waals surface area contributed by atoms with Gasteiger partial charge in [0.25, 0.3) is 0 Å². The highest BCUT2D eigenvalue weighted by atomic mass is 16.3. The van der Waals surface area contributed by atoms with E-state index >= 15 is 0 Å². The van der Waals surface area contributed by atoms with Crippen LogP contribution in [0.3, 0.4) is 0 Å². The summed E-state index contributed by atoms with van der Waals surface area (Å²) in [5.41, 5.74) is 0. The summed E-state index contributed by atoms with van der Waals surface area (Å²) in [5, 5.41) is 9.23. The smallest absolute Gasteiger partial charge is 0.138 e. The van der Waals surface area contributed by atoms with E-state index < -0.39 is 0 Å². The average Bonchev–Trinajstić information content (AvgIpc) is 2.16. The summed E-state index contributed by atoms with van der Waals surface area (Å²) >= 11 is 0. The van der Waals surface area contributed by atoms with E-state index in [-0.39, 0.29) is 17.8 Å². The normalized spacial score (nSPS) is 27.6. The quantitative estimate of drug-likeness (QED) is 0.704.